The molecule has 0 aliphatic carbocycles. The van der Waals surface area contributed by atoms with Crippen molar-refractivity contribution in [2.75, 3.05) is 6.61 Å². The maximum Gasteiger partial charge on any atom is 0.377 e. The number of hydrogen-bond donors (Lipinski definition) is 2. The van der Waals surface area contributed by atoms with Gasteiger partial charge in [0.15, 0.2) is 0 Å². The Morgan fingerprint density at radius 1 is 1.14 bits per heavy atom. The fraction of sp³-hybridized carbons (Fsp3) is 0.200. The second kappa shape index (κ2) is 4.53. The van der Waals surface area contributed by atoms with Crippen molar-refractivity contribution in [1.29, 1.82) is 0 Å². The lowest BCUT2D eigenvalue weighted by Crippen LogP contribution is -2.12. The van der Waals surface area contributed by atoms with Crippen LogP contribution < -0.4 is 0 Å². The van der Waals surface area contributed by atoms with Crippen molar-refractivity contribution >= 4 is 11.8 Å². The Kier molecular flexibility index (Phi) is 3.36. The van der Waals surface area contributed by atoms with E-state index in [9.17, 15) is 9.59 Å². The lowest BCUT2D eigenvalue weighted by molar-refractivity contribution is -0.131. The lowest BCUT2D eigenvalue weighted by Gasteiger charge is -1.99. The van der Waals surface area contributed by atoms with Gasteiger partial charge in [0, 0.05) is 12.2 Å². The summed E-state index contributed by atoms with van der Waals surface area (Å²) in [5.41, 5.74) is 1.02. The van der Waals surface area contributed by atoms with Gasteiger partial charge in [-0.15, -0.1) is 0 Å². The van der Waals surface area contributed by atoms with E-state index < -0.39 is 11.8 Å². The van der Waals surface area contributed by atoms with Gasteiger partial charge in [0.05, 0.1) is 0 Å². The van der Waals surface area contributed by atoms with Crippen LogP contribution in [0.15, 0.2) is 24.3 Å². The standard InChI is InChI=1S/C10H10O4/c11-6-5-7-1-3-8(4-2-7)9(12)10(13)14/h1-4,11H,5-6H2,(H,13,14). The topological polar surface area (TPSA) is 74.6 Å². The van der Waals surface area contributed by atoms with Crippen LogP contribution in [0.5, 0.6) is 0 Å². The molecule has 0 aliphatic rings. The quantitative estimate of drug-likeness (QED) is 0.540. The van der Waals surface area contributed by atoms with Crippen molar-refractivity contribution in [2.45, 2.75) is 6.42 Å². The van der Waals surface area contributed by atoms with Crippen molar-refractivity contribution in [3.05, 3.63) is 35.4 Å². The van der Waals surface area contributed by atoms with Crippen LogP contribution in [-0.2, 0) is 11.2 Å². The third kappa shape index (κ3) is 2.40. The number of carbonyl (C=O) groups is 2. The summed E-state index contributed by atoms with van der Waals surface area (Å²) in [6.07, 6.45) is 0.502. The van der Waals surface area contributed by atoms with E-state index in [-0.39, 0.29) is 12.2 Å². The van der Waals surface area contributed by atoms with E-state index in [2.05, 4.69) is 0 Å². The highest BCUT2D eigenvalue weighted by molar-refractivity contribution is 6.39. The number of rotatable bonds is 4. The molecule has 0 bridgehead atoms. The van der Waals surface area contributed by atoms with Gasteiger partial charge in [-0.2, -0.15) is 0 Å². The Balaban J connectivity index is 2.83. The van der Waals surface area contributed by atoms with E-state index >= 15 is 0 Å². The average Bonchev–Trinajstić information content (AvgIpc) is 2.18. The van der Waals surface area contributed by atoms with Gasteiger partial charge in [0.25, 0.3) is 5.78 Å². The number of carboxylic acid groups (broad SMARTS) is 1. The molecule has 4 nitrogen and oxygen atoms in total. The number of benzene rings is 1. The van der Waals surface area contributed by atoms with Gasteiger partial charge >= 0.3 is 5.97 Å². The number of carbonyl (C=O) groups excluding carboxylic acids is 1. The average molecular weight is 194 g/mol. The Labute approximate surface area is 80.8 Å². The summed E-state index contributed by atoms with van der Waals surface area (Å²) >= 11 is 0. The summed E-state index contributed by atoms with van der Waals surface area (Å²) in [6, 6.07) is 6.15. The molecule has 0 fully saturated rings. The number of aliphatic hydroxyl groups excluding tert-OH is 1. The first-order chi connectivity index (χ1) is 6.65. The molecular weight excluding hydrogens is 184 g/mol. The SMILES string of the molecule is O=C(O)C(=O)c1ccc(CCO)cc1. The molecule has 1 aromatic carbocycles. The smallest absolute Gasteiger partial charge is 0.377 e. The molecule has 0 aromatic heterocycles. The minimum atomic E-state index is -1.46. The summed E-state index contributed by atoms with van der Waals surface area (Å²) in [5, 5.41) is 17.0. The largest absolute Gasteiger partial charge is 0.475 e. The van der Waals surface area contributed by atoms with Crippen molar-refractivity contribution in [3.63, 3.8) is 0 Å². The molecule has 4 heteroatoms. The zero-order chi connectivity index (χ0) is 10.6. The molecule has 0 amide bonds. The predicted molar refractivity (Wildman–Crippen MR) is 49.2 cm³/mol. The van der Waals surface area contributed by atoms with Crippen LogP contribution in [0.4, 0.5) is 0 Å². The molecule has 0 saturated carbocycles. The summed E-state index contributed by atoms with van der Waals surface area (Å²) in [4.78, 5) is 21.3. The Hall–Kier alpha value is -1.68. The van der Waals surface area contributed by atoms with Crippen LogP contribution >= 0.6 is 0 Å². The van der Waals surface area contributed by atoms with Gasteiger partial charge < -0.3 is 10.2 Å². The zero-order valence-corrected chi connectivity index (χ0v) is 7.43. The monoisotopic (exact) mass is 194 g/mol. The number of carboxylic acids is 1. The first kappa shape index (κ1) is 10.4. The van der Waals surface area contributed by atoms with Gasteiger partial charge in [-0.25, -0.2) is 4.79 Å². The van der Waals surface area contributed by atoms with Gasteiger partial charge in [0.1, 0.15) is 0 Å². The third-order valence-corrected chi connectivity index (χ3v) is 1.81. The molecule has 0 spiro atoms. The second-order valence-corrected chi connectivity index (χ2v) is 2.80. The number of hydrogen-bond acceptors (Lipinski definition) is 3. The van der Waals surface area contributed by atoms with Gasteiger partial charge in [-0.1, -0.05) is 24.3 Å². The molecular formula is C10H10O4. The van der Waals surface area contributed by atoms with Gasteiger partial charge in [-0.05, 0) is 12.0 Å². The normalized spacial score (nSPS) is 9.79. The van der Waals surface area contributed by atoms with E-state index in [1.807, 2.05) is 0 Å². The number of aliphatic carboxylic acids is 1. The molecule has 1 aromatic rings. The fourth-order valence-corrected chi connectivity index (χ4v) is 1.08. The highest BCUT2D eigenvalue weighted by Crippen LogP contribution is 2.05. The molecule has 0 saturated heterocycles. The summed E-state index contributed by atoms with van der Waals surface area (Å²) in [6.45, 7) is 0.0340. The van der Waals surface area contributed by atoms with Crippen molar-refractivity contribution in [3.8, 4) is 0 Å². The van der Waals surface area contributed by atoms with Crippen LogP contribution in [0.3, 0.4) is 0 Å². The van der Waals surface area contributed by atoms with E-state index in [0.717, 1.165) is 5.56 Å². The van der Waals surface area contributed by atoms with Crippen LogP contribution in [-0.4, -0.2) is 28.6 Å². The van der Waals surface area contributed by atoms with Gasteiger partial charge in [-0.3, -0.25) is 4.79 Å². The molecule has 0 unspecified atom stereocenters. The molecule has 0 aliphatic heterocycles. The predicted octanol–water partition coefficient (Wildman–Crippen LogP) is 0.489. The minimum Gasteiger partial charge on any atom is -0.475 e. The molecule has 2 N–H and O–H groups in total. The Morgan fingerprint density at radius 2 is 1.71 bits per heavy atom. The Morgan fingerprint density at radius 3 is 2.14 bits per heavy atom. The van der Waals surface area contributed by atoms with Crippen molar-refractivity contribution < 1.29 is 19.8 Å². The fourth-order valence-electron chi connectivity index (χ4n) is 1.08. The lowest BCUT2D eigenvalue weighted by atomic mass is 10.1. The zero-order valence-electron chi connectivity index (χ0n) is 7.43. The van der Waals surface area contributed by atoms with E-state index in [1.54, 1.807) is 12.1 Å². The number of aliphatic hydroxyl groups is 1. The maximum atomic E-state index is 11.0. The molecule has 74 valence electrons. The van der Waals surface area contributed by atoms with E-state index in [1.165, 1.54) is 12.1 Å². The van der Waals surface area contributed by atoms with Gasteiger partial charge in [0.2, 0.25) is 0 Å². The first-order valence-corrected chi connectivity index (χ1v) is 4.12. The third-order valence-electron chi connectivity index (χ3n) is 1.81. The summed E-state index contributed by atoms with van der Waals surface area (Å²) in [5.74, 6) is -2.37. The second-order valence-electron chi connectivity index (χ2n) is 2.80. The molecule has 1 rings (SSSR count). The molecule has 14 heavy (non-hydrogen) atoms. The summed E-state index contributed by atoms with van der Waals surface area (Å²) in [7, 11) is 0. The van der Waals surface area contributed by atoms with Crippen LogP contribution in [0, 0.1) is 0 Å². The van der Waals surface area contributed by atoms with E-state index in [0.29, 0.717) is 6.42 Å². The maximum absolute atomic E-state index is 11.0. The Bertz CT molecular complexity index is 340. The van der Waals surface area contributed by atoms with Crippen molar-refractivity contribution in [2.24, 2.45) is 0 Å². The van der Waals surface area contributed by atoms with Crippen LogP contribution in [0.2, 0.25) is 0 Å². The number of ketones is 1. The number of Topliss-reactive ketones (excluding diaryl/α,β-unsaturated/α-hetero) is 1. The van der Waals surface area contributed by atoms with Crippen molar-refractivity contribution in [1.82, 2.24) is 0 Å². The van der Waals surface area contributed by atoms with Crippen LogP contribution in [0.25, 0.3) is 0 Å². The highest BCUT2D eigenvalue weighted by Gasteiger charge is 2.13. The minimum absolute atomic E-state index is 0.0340. The molecule has 0 radical (unpaired) electrons. The molecule has 0 atom stereocenters. The van der Waals surface area contributed by atoms with E-state index in [4.69, 9.17) is 10.2 Å². The first-order valence-electron chi connectivity index (χ1n) is 4.12. The van der Waals surface area contributed by atoms with Crippen LogP contribution in [0.1, 0.15) is 15.9 Å². The summed E-state index contributed by atoms with van der Waals surface area (Å²) < 4.78 is 0. The highest BCUT2D eigenvalue weighted by atomic mass is 16.4. The molecule has 0 heterocycles.